The molecule has 8 heteroatoms. The summed E-state index contributed by atoms with van der Waals surface area (Å²) < 4.78 is 2.09. The Balaban J connectivity index is 1.56. The van der Waals surface area contributed by atoms with Crippen LogP contribution in [0.1, 0.15) is 63.2 Å². The fraction of sp³-hybridized carbons (Fsp3) is 0.391. The number of aromatic nitrogens is 8. The zero-order valence-corrected chi connectivity index (χ0v) is 18.3. The number of unbranched alkanes of at least 4 members (excludes halogenated alkanes) is 2. The van der Waals surface area contributed by atoms with Gasteiger partial charge in [-0.15, -0.1) is 5.10 Å². The highest BCUT2D eigenvalue weighted by Crippen LogP contribution is 2.29. The minimum absolute atomic E-state index is 0.323. The monoisotopic (exact) mass is 416 g/mol. The van der Waals surface area contributed by atoms with Gasteiger partial charge in [-0.25, -0.2) is 14.8 Å². The molecule has 0 spiro atoms. The van der Waals surface area contributed by atoms with Crippen molar-refractivity contribution in [2.24, 2.45) is 0 Å². The van der Waals surface area contributed by atoms with Gasteiger partial charge in [-0.3, -0.25) is 4.98 Å². The molecule has 0 radical (unpaired) electrons. The largest absolute Gasteiger partial charge is 0.264 e. The van der Waals surface area contributed by atoms with Gasteiger partial charge in [0, 0.05) is 36.8 Å². The van der Waals surface area contributed by atoms with Gasteiger partial charge in [-0.05, 0) is 39.6 Å². The minimum atomic E-state index is 0.323. The first-order chi connectivity index (χ1) is 15.2. The Kier molecular flexibility index (Phi) is 6.45. The van der Waals surface area contributed by atoms with Crippen molar-refractivity contribution in [2.75, 3.05) is 0 Å². The molecule has 0 amide bonds. The van der Waals surface area contributed by atoms with Crippen molar-refractivity contribution in [1.82, 2.24) is 40.4 Å². The van der Waals surface area contributed by atoms with Gasteiger partial charge in [0.15, 0.2) is 11.6 Å². The lowest BCUT2D eigenvalue weighted by molar-refractivity contribution is 0.529. The van der Waals surface area contributed by atoms with Crippen LogP contribution in [0.3, 0.4) is 0 Å². The molecule has 0 aliphatic heterocycles. The minimum Gasteiger partial charge on any atom is -0.264 e. The molecule has 4 aromatic rings. The molecular weight excluding hydrogens is 388 g/mol. The SMILES string of the molecule is CCCCCn1nc(C(C)C)nc1Cc1ccc(-c2ccncc2-c2nnn[nH]2)cc1. The van der Waals surface area contributed by atoms with E-state index in [9.17, 15) is 0 Å². The number of H-pyrrole nitrogens is 1. The highest BCUT2D eigenvalue weighted by molar-refractivity contribution is 5.79. The van der Waals surface area contributed by atoms with E-state index >= 15 is 0 Å². The van der Waals surface area contributed by atoms with Gasteiger partial charge in [0.25, 0.3) is 0 Å². The fourth-order valence-corrected chi connectivity index (χ4v) is 3.55. The van der Waals surface area contributed by atoms with Crippen molar-refractivity contribution in [3.05, 3.63) is 59.9 Å². The Morgan fingerprint density at radius 1 is 1.03 bits per heavy atom. The van der Waals surface area contributed by atoms with Crippen molar-refractivity contribution in [2.45, 2.75) is 58.9 Å². The van der Waals surface area contributed by atoms with E-state index in [2.05, 4.69) is 75.3 Å². The van der Waals surface area contributed by atoms with Crippen LogP contribution < -0.4 is 0 Å². The lowest BCUT2D eigenvalue weighted by Crippen LogP contribution is -2.07. The van der Waals surface area contributed by atoms with Crippen LogP contribution in [-0.2, 0) is 13.0 Å². The molecule has 160 valence electrons. The van der Waals surface area contributed by atoms with E-state index in [4.69, 9.17) is 10.1 Å². The van der Waals surface area contributed by atoms with Gasteiger partial charge in [0.2, 0.25) is 0 Å². The van der Waals surface area contributed by atoms with Gasteiger partial charge in [-0.2, -0.15) is 5.10 Å². The third-order valence-corrected chi connectivity index (χ3v) is 5.30. The summed E-state index contributed by atoms with van der Waals surface area (Å²) >= 11 is 0. The summed E-state index contributed by atoms with van der Waals surface area (Å²) in [5.41, 5.74) is 4.20. The molecule has 8 nitrogen and oxygen atoms in total. The molecule has 3 heterocycles. The predicted octanol–water partition coefficient (Wildman–Crippen LogP) is 4.42. The van der Waals surface area contributed by atoms with E-state index in [1.54, 1.807) is 12.4 Å². The van der Waals surface area contributed by atoms with Gasteiger partial charge in [0.05, 0.1) is 0 Å². The number of hydrogen-bond acceptors (Lipinski definition) is 6. The normalized spacial score (nSPS) is 11.4. The summed E-state index contributed by atoms with van der Waals surface area (Å²) in [6, 6.07) is 10.5. The lowest BCUT2D eigenvalue weighted by atomic mass is 9.99. The number of aromatic amines is 1. The van der Waals surface area contributed by atoms with Crippen LogP contribution in [0.15, 0.2) is 42.7 Å². The molecule has 0 bridgehead atoms. The Morgan fingerprint density at radius 3 is 2.58 bits per heavy atom. The van der Waals surface area contributed by atoms with E-state index in [-0.39, 0.29) is 0 Å². The van der Waals surface area contributed by atoms with Crippen molar-refractivity contribution in [3.8, 4) is 22.5 Å². The molecule has 1 N–H and O–H groups in total. The molecular formula is C23H28N8. The van der Waals surface area contributed by atoms with Crippen LogP contribution in [0.4, 0.5) is 0 Å². The maximum atomic E-state index is 4.83. The summed E-state index contributed by atoms with van der Waals surface area (Å²) in [7, 11) is 0. The molecule has 4 rings (SSSR count). The zero-order valence-electron chi connectivity index (χ0n) is 18.3. The van der Waals surface area contributed by atoms with Crippen molar-refractivity contribution >= 4 is 0 Å². The van der Waals surface area contributed by atoms with Crippen LogP contribution in [0.25, 0.3) is 22.5 Å². The summed E-state index contributed by atoms with van der Waals surface area (Å²) in [5.74, 6) is 2.88. The van der Waals surface area contributed by atoms with E-state index < -0.39 is 0 Å². The molecule has 0 fully saturated rings. The Labute approximate surface area is 182 Å². The topological polar surface area (TPSA) is 98.1 Å². The van der Waals surface area contributed by atoms with Crippen LogP contribution in [0.2, 0.25) is 0 Å². The van der Waals surface area contributed by atoms with Crippen LogP contribution in [-0.4, -0.2) is 40.4 Å². The maximum absolute atomic E-state index is 4.83. The zero-order chi connectivity index (χ0) is 21.6. The number of nitrogens with zero attached hydrogens (tertiary/aromatic N) is 7. The van der Waals surface area contributed by atoms with Crippen LogP contribution in [0, 0.1) is 0 Å². The molecule has 0 saturated carbocycles. The number of benzene rings is 1. The first kappa shape index (κ1) is 20.8. The van der Waals surface area contributed by atoms with Gasteiger partial charge >= 0.3 is 0 Å². The summed E-state index contributed by atoms with van der Waals surface area (Å²) in [6.07, 6.45) is 7.86. The molecule has 0 aliphatic carbocycles. The van der Waals surface area contributed by atoms with Crippen LogP contribution in [0.5, 0.6) is 0 Å². The molecule has 0 atom stereocenters. The number of nitrogens with one attached hydrogen (secondary N) is 1. The Bertz CT molecular complexity index is 1100. The molecule has 3 aromatic heterocycles. The van der Waals surface area contributed by atoms with Crippen LogP contribution >= 0.6 is 0 Å². The molecule has 0 aliphatic rings. The number of rotatable bonds is 9. The van der Waals surface area contributed by atoms with E-state index in [0.717, 1.165) is 47.7 Å². The number of tetrazole rings is 1. The second-order valence-corrected chi connectivity index (χ2v) is 8.02. The molecule has 0 unspecified atom stereocenters. The first-order valence-electron chi connectivity index (χ1n) is 10.9. The van der Waals surface area contributed by atoms with E-state index in [0.29, 0.717) is 11.7 Å². The molecule has 1 aromatic carbocycles. The predicted molar refractivity (Wildman–Crippen MR) is 119 cm³/mol. The standard InChI is InChI=1S/C23H28N8/c1-4-5-6-13-31-21(25-22(28-31)16(2)3)14-17-7-9-18(10-8-17)19-11-12-24-15-20(19)23-26-29-30-27-23/h7-12,15-16H,4-6,13-14H2,1-3H3,(H,26,27,29,30). The Hall–Kier alpha value is -3.42. The average molecular weight is 417 g/mol. The van der Waals surface area contributed by atoms with Gasteiger partial charge < -0.3 is 0 Å². The van der Waals surface area contributed by atoms with Crippen molar-refractivity contribution in [1.29, 1.82) is 0 Å². The highest BCUT2D eigenvalue weighted by atomic mass is 15.5. The molecule has 31 heavy (non-hydrogen) atoms. The van der Waals surface area contributed by atoms with E-state index in [1.165, 1.54) is 18.4 Å². The third kappa shape index (κ3) is 4.84. The maximum Gasteiger partial charge on any atom is 0.181 e. The fourth-order valence-electron chi connectivity index (χ4n) is 3.55. The summed E-state index contributed by atoms with van der Waals surface area (Å²) in [6.45, 7) is 7.42. The van der Waals surface area contributed by atoms with E-state index in [1.807, 2.05) is 6.07 Å². The van der Waals surface area contributed by atoms with Crippen molar-refractivity contribution < 1.29 is 0 Å². The third-order valence-electron chi connectivity index (χ3n) is 5.30. The van der Waals surface area contributed by atoms with Gasteiger partial charge in [-0.1, -0.05) is 57.9 Å². The van der Waals surface area contributed by atoms with Crippen molar-refractivity contribution in [3.63, 3.8) is 0 Å². The Morgan fingerprint density at radius 2 is 1.87 bits per heavy atom. The quantitative estimate of drug-likeness (QED) is 0.406. The number of aryl methyl sites for hydroxylation is 1. The lowest BCUT2D eigenvalue weighted by Gasteiger charge is -2.09. The summed E-state index contributed by atoms with van der Waals surface area (Å²) in [5, 5.41) is 19.0. The average Bonchev–Trinajstić information content (AvgIpc) is 3.45. The number of hydrogen-bond donors (Lipinski definition) is 1. The smallest absolute Gasteiger partial charge is 0.181 e. The second-order valence-electron chi connectivity index (χ2n) is 8.02. The van der Waals surface area contributed by atoms with Gasteiger partial charge in [0.1, 0.15) is 5.82 Å². The molecule has 0 saturated heterocycles. The highest BCUT2D eigenvalue weighted by Gasteiger charge is 2.14. The number of pyridine rings is 1. The first-order valence-corrected chi connectivity index (χ1v) is 10.9. The second kappa shape index (κ2) is 9.59. The summed E-state index contributed by atoms with van der Waals surface area (Å²) in [4.78, 5) is 9.05.